The molecular weight excluding hydrogens is 342 g/mol. The number of carbonyl (C=O) groups is 1. The number of rotatable bonds is 5. The zero-order valence-electron chi connectivity index (χ0n) is 14.6. The predicted molar refractivity (Wildman–Crippen MR) is 103 cm³/mol. The van der Waals surface area contributed by atoms with Crippen molar-refractivity contribution in [3.8, 4) is 5.69 Å². The molecule has 0 saturated carbocycles. The van der Waals surface area contributed by atoms with Crippen LogP contribution in [-0.2, 0) is 6.54 Å². The Morgan fingerprint density at radius 2 is 1.96 bits per heavy atom. The minimum absolute atomic E-state index is 0.0107. The summed E-state index contributed by atoms with van der Waals surface area (Å²) >= 11 is 0. The molecule has 134 valence electrons. The standard InChI is InChI=1S/C20H17N5O2/c1-13(26)15-7-5-6-14(10-15)11-21-20-23-18-17(19(27)24-20)12-22-25(18)16-8-3-2-4-9-16/h2-10,12H,11H2,1H3,(H2,21,23,24,27). The lowest BCUT2D eigenvalue weighted by molar-refractivity contribution is 0.101. The van der Waals surface area contributed by atoms with Gasteiger partial charge in [0.2, 0.25) is 5.95 Å². The van der Waals surface area contributed by atoms with Crippen LogP contribution in [0.15, 0.2) is 65.6 Å². The van der Waals surface area contributed by atoms with Crippen LogP contribution in [0.5, 0.6) is 0 Å². The molecule has 7 heteroatoms. The van der Waals surface area contributed by atoms with E-state index in [0.717, 1.165) is 11.3 Å². The average molecular weight is 359 g/mol. The van der Waals surface area contributed by atoms with Gasteiger partial charge in [-0.15, -0.1) is 0 Å². The lowest BCUT2D eigenvalue weighted by atomic mass is 10.1. The highest BCUT2D eigenvalue weighted by molar-refractivity contribution is 5.94. The zero-order chi connectivity index (χ0) is 18.8. The highest BCUT2D eigenvalue weighted by Crippen LogP contribution is 2.15. The number of nitrogens with zero attached hydrogens (tertiary/aromatic N) is 3. The van der Waals surface area contributed by atoms with E-state index in [0.29, 0.717) is 29.1 Å². The Bertz CT molecular complexity index is 1180. The predicted octanol–water partition coefficient (Wildman–Crippen LogP) is 2.92. The fraction of sp³-hybridized carbons (Fsp3) is 0.100. The average Bonchev–Trinajstić information content (AvgIpc) is 3.12. The van der Waals surface area contributed by atoms with Crippen LogP contribution in [-0.4, -0.2) is 25.5 Å². The molecule has 0 amide bonds. The molecule has 0 bridgehead atoms. The molecule has 0 aliphatic rings. The summed E-state index contributed by atoms with van der Waals surface area (Å²) in [5.41, 5.74) is 2.60. The minimum atomic E-state index is -0.262. The van der Waals surface area contributed by atoms with Gasteiger partial charge in [0, 0.05) is 12.1 Å². The maximum absolute atomic E-state index is 12.4. The molecule has 2 N–H and O–H groups in total. The summed E-state index contributed by atoms with van der Waals surface area (Å²) in [6, 6.07) is 16.8. The quantitative estimate of drug-likeness (QED) is 0.535. The van der Waals surface area contributed by atoms with E-state index in [1.54, 1.807) is 10.7 Å². The first-order valence-corrected chi connectivity index (χ1v) is 8.49. The third-order valence-corrected chi connectivity index (χ3v) is 4.23. The van der Waals surface area contributed by atoms with Crippen LogP contribution in [0.25, 0.3) is 16.7 Å². The van der Waals surface area contributed by atoms with Crippen molar-refractivity contribution in [2.75, 3.05) is 5.32 Å². The highest BCUT2D eigenvalue weighted by atomic mass is 16.1. The smallest absolute Gasteiger partial charge is 0.263 e. The Kier molecular flexibility index (Phi) is 4.25. The molecule has 4 aromatic rings. The van der Waals surface area contributed by atoms with Gasteiger partial charge in [0.25, 0.3) is 5.56 Å². The number of aromatic amines is 1. The van der Waals surface area contributed by atoms with E-state index in [-0.39, 0.29) is 11.3 Å². The molecule has 0 radical (unpaired) electrons. The molecule has 0 aliphatic carbocycles. The molecule has 2 aromatic carbocycles. The van der Waals surface area contributed by atoms with Crippen molar-refractivity contribution in [3.05, 3.63) is 82.3 Å². The summed E-state index contributed by atoms with van der Waals surface area (Å²) in [5.74, 6) is 0.356. The van der Waals surface area contributed by atoms with Crippen molar-refractivity contribution >= 4 is 22.8 Å². The first kappa shape index (κ1) is 16.7. The molecule has 0 aliphatic heterocycles. The van der Waals surface area contributed by atoms with Crippen LogP contribution in [0.2, 0.25) is 0 Å². The third-order valence-electron chi connectivity index (χ3n) is 4.23. The summed E-state index contributed by atoms with van der Waals surface area (Å²) in [6.07, 6.45) is 1.51. The van der Waals surface area contributed by atoms with Crippen molar-refractivity contribution in [1.29, 1.82) is 0 Å². The molecule has 4 rings (SSSR count). The van der Waals surface area contributed by atoms with Crippen molar-refractivity contribution in [3.63, 3.8) is 0 Å². The summed E-state index contributed by atoms with van der Waals surface area (Å²) in [6.45, 7) is 1.96. The summed E-state index contributed by atoms with van der Waals surface area (Å²) in [7, 11) is 0. The van der Waals surface area contributed by atoms with Crippen LogP contribution >= 0.6 is 0 Å². The summed E-state index contributed by atoms with van der Waals surface area (Å²) in [5, 5.41) is 7.81. The lowest BCUT2D eigenvalue weighted by Crippen LogP contribution is -2.13. The van der Waals surface area contributed by atoms with E-state index < -0.39 is 0 Å². The van der Waals surface area contributed by atoms with Gasteiger partial charge in [0.05, 0.1) is 11.9 Å². The van der Waals surface area contributed by atoms with Crippen LogP contribution in [0.3, 0.4) is 0 Å². The van der Waals surface area contributed by atoms with E-state index in [1.165, 1.54) is 13.1 Å². The highest BCUT2D eigenvalue weighted by Gasteiger charge is 2.11. The first-order valence-electron chi connectivity index (χ1n) is 8.49. The maximum atomic E-state index is 12.4. The number of nitrogens with one attached hydrogen (secondary N) is 2. The number of hydrogen-bond donors (Lipinski definition) is 2. The van der Waals surface area contributed by atoms with Crippen molar-refractivity contribution in [1.82, 2.24) is 19.7 Å². The van der Waals surface area contributed by atoms with Gasteiger partial charge in [-0.1, -0.05) is 36.4 Å². The SMILES string of the molecule is CC(=O)c1cccc(CNc2nc3c(cnn3-c3ccccc3)c(=O)[nH]2)c1. The van der Waals surface area contributed by atoms with Gasteiger partial charge in [-0.25, -0.2) is 4.68 Å². The molecule has 27 heavy (non-hydrogen) atoms. The van der Waals surface area contributed by atoms with Crippen LogP contribution < -0.4 is 10.9 Å². The number of carbonyl (C=O) groups excluding carboxylic acids is 1. The van der Waals surface area contributed by atoms with Crippen molar-refractivity contribution < 1.29 is 4.79 Å². The number of hydrogen-bond acceptors (Lipinski definition) is 5. The Morgan fingerprint density at radius 1 is 1.15 bits per heavy atom. The number of ketones is 1. The van der Waals surface area contributed by atoms with Gasteiger partial charge in [0.1, 0.15) is 5.39 Å². The molecule has 2 heterocycles. The van der Waals surface area contributed by atoms with Crippen LogP contribution in [0.4, 0.5) is 5.95 Å². The monoisotopic (exact) mass is 359 g/mol. The maximum Gasteiger partial charge on any atom is 0.263 e. The molecule has 7 nitrogen and oxygen atoms in total. The number of H-pyrrole nitrogens is 1. The Balaban J connectivity index is 1.66. The van der Waals surface area contributed by atoms with Gasteiger partial charge in [-0.2, -0.15) is 10.1 Å². The van der Waals surface area contributed by atoms with Gasteiger partial charge in [-0.3, -0.25) is 14.6 Å². The molecule has 2 aromatic heterocycles. The Morgan fingerprint density at radius 3 is 2.74 bits per heavy atom. The van der Waals surface area contributed by atoms with Crippen LogP contribution in [0.1, 0.15) is 22.8 Å². The molecule has 0 atom stereocenters. The van der Waals surface area contributed by atoms with E-state index >= 15 is 0 Å². The Hall–Kier alpha value is -3.74. The largest absolute Gasteiger partial charge is 0.352 e. The van der Waals surface area contributed by atoms with Crippen LogP contribution in [0, 0.1) is 0 Å². The lowest BCUT2D eigenvalue weighted by Gasteiger charge is -2.08. The van der Waals surface area contributed by atoms with E-state index in [1.807, 2.05) is 48.5 Å². The minimum Gasteiger partial charge on any atom is -0.352 e. The number of para-hydroxylation sites is 1. The van der Waals surface area contributed by atoms with Crippen molar-refractivity contribution in [2.24, 2.45) is 0 Å². The molecule has 0 unspecified atom stereocenters. The molecule has 0 spiro atoms. The zero-order valence-corrected chi connectivity index (χ0v) is 14.6. The van der Waals surface area contributed by atoms with Crippen molar-refractivity contribution in [2.45, 2.75) is 13.5 Å². The number of anilines is 1. The normalized spacial score (nSPS) is 10.9. The van der Waals surface area contributed by atoms with E-state index in [9.17, 15) is 9.59 Å². The second-order valence-corrected chi connectivity index (χ2v) is 6.15. The van der Waals surface area contributed by atoms with E-state index in [2.05, 4.69) is 20.4 Å². The molecular formula is C20H17N5O2. The first-order chi connectivity index (χ1) is 13.1. The fourth-order valence-electron chi connectivity index (χ4n) is 2.85. The third kappa shape index (κ3) is 3.35. The summed E-state index contributed by atoms with van der Waals surface area (Å²) in [4.78, 5) is 31.1. The number of Topliss-reactive ketones (excluding diaryl/α,β-unsaturated/α-hetero) is 1. The van der Waals surface area contributed by atoms with Gasteiger partial charge in [0.15, 0.2) is 11.4 Å². The fourth-order valence-corrected chi connectivity index (χ4v) is 2.85. The van der Waals surface area contributed by atoms with Gasteiger partial charge < -0.3 is 5.32 Å². The van der Waals surface area contributed by atoms with E-state index in [4.69, 9.17) is 0 Å². The molecule has 0 saturated heterocycles. The number of benzene rings is 2. The van der Waals surface area contributed by atoms with Gasteiger partial charge >= 0.3 is 0 Å². The Labute approximate surface area is 154 Å². The molecule has 0 fully saturated rings. The number of fused-ring (bicyclic) bond motifs is 1. The van der Waals surface area contributed by atoms with Gasteiger partial charge in [-0.05, 0) is 30.7 Å². The second kappa shape index (κ2) is 6.87. The topological polar surface area (TPSA) is 92.7 Å². The second-order valence-electron chi connectivity index (χ2n) is 6.15. The number of aromatic nitrogens is 4. The summed E-state index contributed by atoms with van der Waals surface area (Å²) < 4.78 is 1.63.